The van der Waals surface area contributed by atoms with Crippen LogP contribution >= 0.6 is 12.6 Å². The van der Waals surface area contributed by atoms with Gasteiger partial charge in [-0.05, 0) is 30.2 Å². The molecule has 0 amide bonds. The Kier molecular flexibility index (Phi) is 8.04. The highest BCUT2D eigenvalue weighted by atomic mass is 32.1. The first kappa shape index (κ1) is 26.9. The Hall–Kier alpha value is -3.17. The van der Waals surface area contributed by atoms with E-state index in [1.165, 1.54) is 18.9 Å². The van der Waals surface area contributed by atoms with E-state index in [-0.39, 0.29) is 22.0 Å². The fraction of sp³-hybridized carbons (Fsp3) is 0.333. The summed E-state index contributed by atoms with van der Waals surface area (Å²) in [6.45, 7) is 0.753. The molecule has 2 aromatic rings. The molecule has 0 unspecified atom stereocenters. The van der Waals surface area contributed by atoms with E-state index in [9.17, 15) is 30.5 Å². The molecule has 1 saturated heterocycles. The molecule has 0 saturated carbocycles. The zero-order chi connectivity index (χ0) is 26.9. The first-order valence-corrected chi connectivity index (χ1v) is 12.1. The maximum Gasteiger partial charge on any atom is 0.164 e. The SMILES string of the molecule is COc1ccc([C@@H]2C(C#N)=C(S)N([C@H]3O[C@@H](CO)[C@@H](O)[C@@H](O)[C@H]3O)C(c3ccccc3)=C2C(C)=O)cc1. The molecule has 0 spiro atoms. The van der Waals surface area contributed by atoms with E-state index in [4.69, 9.17) is 9.47 Å². The number of benzene rings is 2. The third-order valence-corrected chi connectivity index (χ3v) is 7.12. The number of carbonyl (C=O) groups is 1. The molecule has 1 fully saturated rings. The van der Waals surface area contributed by atoms with E-state index >= 15 is 0 Å². The van der Waals surface area contributed by atoms with E-state index in [0.29, 0.717) is 22.6 Å². The summed E-state index contributed by atoms with van der Waals surface area (Å²) in [5, 5.41) is 51.9. The van der Waals surface area contributed by atoms with Gasteiger partial charge in [0.15, 0.2) is 12.0 Å². The molecular formula is C27H28N2O7S. The van der Waals surface area contributed by atoms with Crippen LogP contribution in [0.3, 0.4) is 0 Å². The smallest absolute Gasteiger partial charge is 0.164 e. The van der Waals surface area contributed by atoms with Crippen LogP contribution in [0.5, 0.6) is 5.75 Å². The summed E-state index contributed by atoms with van der Waals surface area (Å²) in [4.78, 5) is 14.7. The molecule has 37 heavy (non-hydrogen) atoms. The summed E-state index contributed by atoms with van der Waals surface area (Å²) >= 11 is 4.68. The van der Waals surface area contributed by atoms with E-state index in [0.717, 1.165) is 0 Å². The average Bonchev–Trinajstić information content (AvgIpc) is 2.92. The van der Waals surface area contributed by atoms with Gasteiger partial charge in [-0.2, -0.15) is 5.26 Å². The number of aliphatic hydroxyl groups excluding tert-OH is 4. The quantitative estimate of drug-likeness (QED) is 0.356. The Labute approximate surface area is 219 Å². The Bertz CT molecular complexity index is 1250. The summed E-state index contributed by atoms with van der Waals surface area (Å²) in [6, 6.07) is 18.0. The number of rotatable bonds is 6. The minimum atomic E-state index is -1.67. The van der Waals surface area contributed by atoms with Gasteiger partial charge in [-0.1, -0.05) is 42.5 Å². The van der Waals surface area contributed by atoms with Crippen molar-refractivity contribution in [2.24, 2.45) is 0 Å². The minimum absolute atomic E-state index is 0.0940. The van der Waals surface area contributed by atoms with Gasteiger partial charge in [0.2, 0.25) is 0 Å². The first-order chi connectivity index (χ1) is 17.7. The molecule has 6 atom stereocenters. The maximum atomic E-state index is 13.3. The Morgan fingerprint density at radius 1 is 1.08 bits per heavy atom. The van der Waals surface area contributed by atoms with Crippen LogP contribution in [0.1, 0.15) is 24.0 Å². The fourth-order valence-corrected chi connectivity index (χ4v) is 5.22. The lowest BCUT2D eigenvalue weighted by atomic mass is 9.78. The molecule has 2 aliphatic rings. The van der Waals surface area contributed by atoms with Crippen LogP contribution < -0.4 is 4.74 Å². The number of allylic oxidation sites excluding steroid dienone is 2. The predicted molar refractivity (Wildman–Crippen MR) is 137 cm³/mol. The summed E-state index contributed by atoms with van der Waals surface area (Å²) < 4.78 is 11.1. The van der Waals surface area contributed by atoms with Crippen molar-refractivity contribution in [2.45, 2.75) is 43.5 Å². The lowest BCUT2D eigenvalue weighted by molar-refractivity contribution is -0.252. The second kappa shape index (κ2) is 11.1. The number of hydrogen-bond donors (Lipinski definition) is 5. The molecule has 2 aromatic carbocycles. The van der Waals surface area contributed by atoms with E-state index in [1.807, 2.05) is 0 Å². The topological polar surface area (TPSA) is 143 Å². The van der Waals surface area contributed by atoms with E-state index in [2.05, 4.69) is 18.7 Å². The van der Waals surface area contributed by atoms with Gasteiger partial charge in [0.1, 0.15) is 30.2 Å². The van der Waals surface area contributed by atoms with Gasteiger partial charge in [-0.3, -0.25) is 4.79 Å². The van der Waals surface area contributed by atoms with Crippen molar-refractivity contribution in [1.29, 1.82) is 5.26 Å². The Balaban J connectivity index is 2.00. The lowest BCUT2D eigenvalue weighted by Crippen LogP contribution is -2.62. The summed E-state index contributed by atoms with van der Waals surface area (Å²) in [5.41, 5.74) is 1.92. The van der Waals surface area contributed by atoms with E-state index in [1.54, 1.807) is 54.6 Å². The summed E-state index contributed by atoms with van der Waals surface area (Å²) in [5.74, 6) is -0.521. The first-order valence-electron chi connectivity index (χ1n) is 11.6. The summed E-state index contributed by atoms with van der Waals surface area (Å²) in [6.07, 6.45) is -7.49. The number of methoxy groups -OCH3 is 1. The molecule has 0 aliphatic carbocycles. The number of ketones is 1. The fourth-order valence-electron chi connectivity index (χ4n) is 4.82. The van der Waals surface area contributed by atoms with Gasteiger partial charge in [-0.25, -0.2) is 0 Å². The van der Waals surface area contributed by atoms with Gasteiger partial charge in [0.25, 0.3) is 0 Å². The van der Waals surface area contributed by atoms with Crippen molar-refractivity contribution in [3.8, 4) is 11.8 Å². The highest BCUT2D eigenvalue weighted by molar-refractivity contribution is 7.84. The lowest BCUT2D eigenvalue weighted by Gasteiger charge is -2.48. The van der Waals surface area contributed by atoms with Crippen molar-refractivity contribution in [1.82, 2.24) is 4.90 Å². The second-order valence-electron chi connectivity index (χ2n) is 8.83. The molecule has 2 heterocycles. The van der Waals surface area contributed by atoms with Crippen molar-refractivity contribution < 1.29 is 34.7 Å². The molecule has 0 bridgehead atoms. The van der Waals surface area contributed by atoms with Crippen LogP contribution in [0.2, 0.25) is 0 Å². The molecule has 10 heteroatoms. The number of carbonyl (C=O) groups excluding carboxylic acids is 1. The number of thiol groups is 1. The number of ether oxygens (including phenoxy) is 2. The third-order valence-electron chi connectivity index (χ3n) is 6.66. The highest BCUT2D eigenvalue weighted by Crippen LogP contribution is 2.48. The van der Waals surface area contributed by atoms with Crippen molar-refractivity contribution in [3.05, 3.63) is 81.9 Å². The van der Waals surface area contributed by atoms with Gasteiger partial charge >= 0.3 is 0 Å². The van der Waals surface area contributed by atoms with Crippen LogP contribution in [0.25, 0.3) is 5.70 Å². The maximum absolute atomic E-state index is 13.3. The third kappa shape index (κ3) is 4.78. The second-order valence-corrected chi connectivity index (χ2v) is 9.25. The van der Waals surface area contributed by atoms with Crippen LogP contribution in [0.4, 0.5) is 0 Å². The average molecular weight is 525 g/mol. The standard InChI is InChI=1S/C27H28N2O7S/c1-14(31)20-21(15-8-10-17(35-2)11-9-15)18(12-28)27(37)29(22(20)16-6-4-3-5-7-16)26-25(34)24(33)23(32)19(13-30)36-26/h3-11,19,21,23-26,30,32-34,37H,13H2,1-2H3/t19-,21+,23+,24+,25+,26-/m0/s1. The van der Waals surface area contributed by atoms with Crippen molar-refractivity contribution >= 4 is 24.1 Å². The molecule has 2 aliphatic heterocycles. The number of aliphatic hydroxyl groups is 4. The predicted octanol–water partition coefficient (Wildman–Crippen LogP) is 1.56. The molecular weight excluding hydrogens is 496 g/mol. The number of Topliss-reactive ketones (excluding diaryl/α,β-unsaturated/α-hetero) is 1. The zero-order valence-corrected chi connectivity index (χ0v) is 21.1. The van der Waals surface area contributed by atoms with Gasteiger partial charge in [0, 0.05) is 5.57 Å². The monoisotopic (exact) mass is 524 g/mol. The molecule has 194 valence electrons. The normalized spacial score (nSPS) is 28.2. The molecule has 4 rings (SSSR count). The van der Waals surface area contributed by atoms with Gasteiger partial charge in [0.05, 0.1) is 42.0 Å². The number of hydrogen-bond acceptors (Lipinski definition) is 10. The molecule has 0 aromatic heterocycles. The van der Waals surface area contributed by atoms with E-state index < -0.39 is 43.2 Å². The van der Waals surface area contributed by atoms with Crippen molar-refractivity contribution in [3.63, 3.8) is 0 Å². The molecule has 0 radical (unpaired) electrons. The Morgan fingerprint density at radius 3 is 2.27 bits per heavy atom. The largest absolute Gasteiger partial charge is 0.497 e. The zero-order valence-electron chi connectivity index (χ0n) is 20.2. The Morgan fingerprint density at radius 2 is 1.73 bits per heavy atom. The number of nitrogens with zero attached hydrogens (tertiary/aromatic N) is 2. The van der Waals surface area contributed by atoms with Crippen LogP contribution in [-0.2, 0) is 9.53 Å². The van der Waals surface area contributed by atoms with Crippen LogP contribution in [0, 0.1) is 11.3 Å². The van der Waals surface area contributed by atoms with Crippen molar-refractivity contribution in [2.75, 3.05) is 13.7 Å². The molecule has 4 N–H and O–H groups in total. The van der Waals surface area contributed by atoms with Gasteiger partial charge < -0.3 is 34.8 Å². The molecule has 9 nitrogen and oxygen atoms in total. The van der Waals surface area contributed by atoms with Crippen LogP contribution in [0.15, 0.2) is 70.8 Å². The minimum Gasteiger partial charge on any atom is -0.497 e. The highest BCUT2D eigenvalue weighted by Gasteiger charge is 2.49. The number of nitriles is 1. The van der Waals surface area contributed by atoms with Gasteiger partial charge in [-0.15, -0.1) is 12.6 Å². The summed E-state index contributed by atoms with van der Waals surface area (Å²) in [7, 11) is 1.54. The van der Waals surface area contributed by atoms with Crippen LogP contribution in [-0.4, -0.2) is 75.5 Å².